The van der Waals surface area contributed by atoms with Gasteiger partial charge in [-0.1, -0.05) is 11.6 Å². The highest BCUT2D eigenvalue weighted by molar-refractivity contribution is 6.33. The van der Waals surface area contributed by atoms with Gasteiger partial charge in [0.1, 0.15) is 5.69 Å². The lowest BCUT2D eigenvalue weighted by Crippen LogP contribution is -2.25. The minimum Gasteiger partial charge on any atom is -0.490 e. The van der Waals surface area contributed by atoms with Crippen molar-refractivity contribution in [3.63, 3.8) is 0 Å². The van der Waals surface area contributed by atoms with E-state index in [0.29, 0.717) is 0 Å². The molecule has 0 aromatic heterocycles. The van der Waals surface area contributed by atoms with Crippen LogP contribution in [-0.4, -0.2) is 37.9 Å². The van der Waals surface area contributed by atoms with Crippen LogP contribution in [0.3, 0.4) is 0 Å². The summed E-state index contributed by atoms with van der Waals surface area (Å²) in [5.74, 6) is -12.9. The summed E-state index contributed by atoms with van der Waals surface area (Å²) in [7, 11) is 1.17. The number of hydrogen-bond acceptors (Lipinski definition) is 6. The van der Waals surface area contributed by atoms with E-state index in [9.17, 15) is 31.5 Å². The smallest absolute Gasteiger partial charge is 0.343 e. The van der Waals surface area contributed by atoms with Crippen molar-refractivity contribution in [3.8, 4) is 11.5 Å². The summed E-state index contributed by atoms with van der Waals surface area (Å²) < 4.78 is 84.4. The minimum atomic E-state index is -2.36. The first-order valence-corrected chi connectivity index (χ1v) is 10.2. The van der Waals surface area contributed by atoms with Gasteiger partial charge in [-0.3, -0.25) is 4.79 Å². The fourth-order valence-electron chi connectivity index (χ4n) is 3.05. The van der Waals surface area contributed by atoms with E-state index in [4.69, 9.17) is 21.1 Å². The predicted molar refractivity (Wildman–Crippen MR) is 115 cm³/mol. The van der Waals surface area contributed by atoms with Crippen molar-refractivity contribution in [2.24, 2.45) is 5.10 Å². The molecule has 1 aliphatic heterocycles. The molecule has 0 saturated heterocycles. The first-order valence-electron chi connectivity index (χ1n) is 9.80. The fraction of sp³-hybridized carbons (Fsp3) is 0.227. The predicted octanol–water partition coefficient (Wildman–Crippen LogP) is 4.79. The average molecular weight is 519 g/mol. The van der Waals surface area contributed by atoms with Crippen LogP contribution >= 0.6 is 11.6 Å². The number of rotatable bonds is 7. The number of carbonyl (C=O) groups is 2. The van der Waals surface area contributed by atoms with Crippen LogP contribution in [0.15, 0.2) is 22.8 Å². The second-order valence-corrected chi connectivity index (χ2v) is 7.31. The molecule has 13 heteroatoms. The number of anilines is 1. The second-order valence-electron chi connectivity index (χ2n) is 6.91. The molecule has 1 aliphatic rings. The third-order valence-electron chi connectivity index (χ3n) is 4.67. The average Bonchev–Trinajstić information content (AvgIpc) is 3.09. The molecule has 0 spiro atoms. The Balaban J connectivity index is 2.02. The Morgan fingerprint density at radius 3 is 2.23 bits per heavy atom. The lowest BCUT2D eigenvalue weighted by atomic mass is 10.1. The van der Waals surface area contributed by atoms with Crippen LogP contribution in [0.5, 0.6) is 11.5 Å². The number of esters is 1. The van der Waals surface area contributed by atoms with Gasteiger partial charge in [0.25, 0.3) is 5.91 Å². The SMILES string of the molecule is CCOc1cc(/C=C2/C(=O)N(c3c(F)c(F)c(F)c(F)c3F)N=C2C)cc(Cl)c1OCC(=O)OC. The summed E-state index contributed by atoms with van der Waals surface area (Å²) in [4.78, 5) is 24.2. The summed E-state index contributed by atoms with van der Waals surface area (Å²) in [6.07, 6.45) is 1.23. The molecule has 0 N–H and O–H groups in total. The molecule has 2 aromatic rings. The summed E-state index contributed by atoms with van der Waals surface area (Å²) in [6, 6.07) is 2.74. The Kier molecular flexibility index (Phi) is 7.64. The van der Waals surface area contributed by atoms with Gasteiger partial charge >= 0.3 is 5.97 Å². The Bertz CT molecular complexity index is 1250. The zero-order valence-electron chi connectivity index (χ0n) is 18.3. The molecule has 0 aliphatic carbocycles. The van der Waals surface area contributed by atoms with Crippen molar-refractivity contribution in [1.29, 1.82) is 0 Å². The number of nitrogens with zero attached hydrogens (tertiary/aromatic N) is 2. The van der Waals surface area contributed by atoms with E-state index >= 15 is 0 Å². The van der Waals surface area contributed by atoms with Gasteiger partial charge in [0.2, 0.25) is 5.82 Å². The molecule has 35 heavy (non-hydrogen) atoms. The first kappa shape index (κ1) is 25.9. The molecular formula is C22H16ClF5N2O5. The Morgan fingerprint density at radius 1 is 1.06 bits per heavy atom. The first-order chi connectivity index (χ1) is 16.5. The molecule has 0 saturated carbocycles. The van der Waals surface area contributed by atoms with Gasteiger partial charge in [-0.05, 0) is 37.6 Å². The number of amides is 1. The second kappa shape index (κ2) is 10.3. The van der Waals surface area contributed by atoms with Crippen molar-refractivity contribution in [2.75, 3.05) is 25.3 Å². The maximum absolute atomic E-state index is 14.2. The third kappa shape index (κ3) is 4.92. The van der Waals surface area contributed by atoms with E-state index in [0.717, 1.165) is 0 Å². The van der Waals surface area contributed by atoms with Crippen LogP contribution in [0.25, 0.3) is 6.08 Å². The molecule has 186 valence electrons. The maximum atomic E-state index is 14.2. The number of ether oxygens (including phenoxy) is 3. The monoisotopic (exact) mass is 518 g/mol. The number of hydrazone groups is 1. The summed E-state index contributed by atoms with van der Waals surface area (Å²) in [5.41, 5.74) is -1.54. The van der Waals surface area contributed by atoms with Crippen LogP contribution in [0, 0.1) is 29.1 Å². The third-order valence-corrected chi connectivity index (χ3v) is 4.95. The number of benzene rings is 2. The molecule has 2 aromatic carbocycles. The molecule has 0 radical (unpaired) electrons. The van der Waals surface area contributed by atoms with E-state index in [1.807, 2.05) is 0 Å². The quantitative estimate of drug-likeness (QED) is 0.173. The molecular weight excluding hydrogens is 503 g/mol. The van der Waals surface area contributed by atoms with Gasteiger partial charge in [0.15, 0.2) is 41.4 Å². The van der Waals surface area contributed by atoms with Gasteiger partial charge < -0.3 is 14.2 Å². The van der Waals surface area contributed by atoms with Crippen molar-refractivity contribution in [2.45, 2.75) is 13.8 Å². The molecule has 0 bridgehead atoms. The molecule has 1 heterocycles. The minimum absolute atomic E-state index is 0.0108. The van der Waals surface area contributed by atoms with Gasteiger partial charge in [0.05, 0.1) is 30.0 Å². The maximum Gasteiger partial charge on any atom is 0.343 e. The van der Waals surface area contributed by atoms with Gasteiger partial charge in [0, 0.05) is 0 Å². The molecule has 0 fully saturated rings. The lowest BCUT2D eigenvalue weighted by molar-refractivity contribution is -0.142. The van der Waals surface area contributed by atoms with Crippen LogP contribution in [-0.2, 0) is 14.3 Å². The Labute approximate surface area is 200 Å². The van der Waals surface area contributed by atoms with E-state index in [1.54, 1.807) is 6.92 Å². The summed E-state index contributed by atoms with van der Waals surface area (Å²) >= 11 is 6.24. The standard InChI is InChI=1S/C22H16ClF5N2O5/c1-4-34-13-7-10(6-12(23)21(13)35-8-14(31)33-3)5-11-9(2)29-30(22(11)32)20-18(27)16(25)15(24)17(26)19(20)28/h5-7H,4,8H2,1-3H3/b11-5+. The molecule has 0 unspecified atom stereocenters. The van der Waals surface area contributed by atoms with Crippen molar-refractivity contribution < 1.29 is 45.8 Å². The van der Waals surface area contributed by atoms with Crippen LogP contribution in [0.1, 0.15) is 19.4 Å². The zero-order chi connectivity index (χ0) is 26.0. The van der Waals surface area contributed by atoms with Gasteiger partial charge in [-0.25, -0.2) is 26.7 Å². The van der Waals surface area contributed by atoms with E-state index in [-0.39, 0.29) is 45.0 Å². The molecule has 1 amide bonds. The van der Waals surface area contributed by atoms with Crippen LogP contribution in [0.2, 0.25) is 5.02 Å². The van der Waals surface area contributed by atoms with Gasteiger partial charge in [-0.2, -0.15) is 10.1 Å². The molecule has 0 atom stereocenters. The highest BCUT2D eigenvalue weighted by Crippen LogP contribution is 2.38. The highest BCUT2D eigenvalue weighted by atomic mass is 35.5. The fourth-order valence-corrected chi connectivity index (χ4v) is 3.32. The number of hydrogen-bond donors (Lipinski definition) is 0. The highest BCUT2D eigenvalue weighted by Gasteiger charge is 2.37. The lowest BCUT2D eigenvalue weighted by Gasteiger charge is -2.15. The van der Waals surface area contributed by atoms with Crippen molar-refractivity contribution >= 4 is 41.0 Å². The van der Waals surface area contributed by atoms with Crippen LogP contribution in [0.4, 0.5) is 27.6 Å². The Hall–Kier alpha value is -3.67. The van der Waals surface area contributed by atoms with Crippen molar-refractivity contribution in [3.05, 3.63) is 57.4 Å². The number of methoxy groups -OCH3 is 1. The summed E-state index contributed by atoms with van der Waals surface area (Å²) in [5, 5.41) is 3.75. The van der Waals surface area contributed by atoms with E-state index in [2.05, 4.69) is 9.84 Å². The molecule has 7 nitrogen and oxygen atoms in total. The van der Waals surface area contributed by atoms with Crippen LogP contribution < -0.4 is 14.5 Å². The summed E-state index contributed by atoms with van der Waals surface area (Å²) in [6.45, 7) is 2.69. The van der Waals surface area contributed by atoms with E-state index < -0.39 is 53.3 Å². The number of halogens is 6. The molecule has 3 rings (SSSR count). The Morgan fingerprint density at radius 2 is 1.66 bits per heavy atom. The normalized spacial score (nSPS) is 14.4. The topological polar surface area (TPSA) is 77.4 Å². The van der Waals surface area contributed by atoms with Crippen molar-refractivity contribution in [1.82, 2.24) is 0 Å². The van der Waals surface area contributed by atoms with E-state index in [1.165, 1.54) is 32.2 Å². The van der Waals surface area contributed by atoms with Gasteiger partial charge in [-0.15, -0.1) is 0 Å². The zero-order valence-corrected chi connectivity index (χ0v) is 19.1. The number of carbonyl (C=O) groups excluding carboxylic acids is 2. The largest absolute Gasteiger partial charge is 0.490 e.